The van der Waals surface area contributed by atoms with Gasteiger partial charge in [-0.3, -0.25) is 4.79 Å². The van der Waals surface area contributed by atoms with Crippen LogP contribution in [0.4, 0.5) is 0 Å². The molecule has 32 heavy (non-hydrogen) atoms. The molecule has 1 rings (SSSR count). The fraction of sp³-hybridized carbons (Fsp3) is 0.414. The quantitative estimate of drug-likeness (QED) is 0.179. The van der Waals surface area contributed by atoms with Crippen molar-refractivity contribution in [2.75, 3.05) is 0 Å². The highest BCUT2D eigenvalue weighted by Gasteiger charge is 1.93. The van der Waals surface area contributed by atoms with E-state index >= 15 is 0 Å². The highest BCUT2D eigenvalue weighted by atomic mass is 16.4. The predicted molar refractivity (Wildman–Crippen MR) is 137 cm³/mol. The first-order valence-electron chi connectivity index (χ1n) is 12.0. The van der Waals surface area contributed by atoms with E-state index in [4.69, 9.17) is 5.11 Å². The Labute approximate surface area is 194 Å². The van der Waals surface area contributed by atoms with Crippen LogP contribution in [0.15, 0.2) is 78.9 Å². The zero-order valence-electron chi connectivity index (χ0n) is 19.4. The van der Waals surface area contributed by atoms with Gasteiger partial charge in [-0.15, -0.1) is 0 Å². The normalized spacial score (nSPS) is 12.4. The molecule has 0 atom stereocenters. The summed E-state index contributed by atoms with van der Waals surface area (Å²) in [4.78, 5) is 10.4. The van der Waals surface area contributed by atoms with Gasteiger partial charge in [-0.2, -0.15) is 0 Å². The number of aromatic hydroxyl groups is 1. The average molecular weight is 437 g/mol. The third-order valence-electron chi connectivity index (χ3n) is 4.94. The first-order valence-corrected chi connectivity index (χ1v) is 12.0. The first kappa shape index (κ1) is 27.2. The number of allylic oxidation sites excluding steroid dienone is 9. The number of aliphatic carboxylic acids is 1. The van der Waals surface area contributed by atoms with Gasteiger partial charge < -0.3 is 10.2 Å². The molecule has 0 spiro atoms. The molecule has 2 N–H and O–H groups in total. The van der Waals surface area contributed by atoms with E-state index in [9.17, 15) is 9.90 Å². The Morgan fingerprint density at radius 3 is 1.62 bits per heavy atom. The molecule has 3 nitrogen and oxygen atoms in total. The van der Waals surface area contributed by atoms with Gasteiger partial charge in [-0.05, 0) is 75.5 Å². The predicted octanol–water partition coefficient (Wildman–Crippen LogP) is 8.40. The summed E-state index contributed by atoms with van der Waals surface area (Å²) in [5.74, 6) is -0.406. The van der Waals surface area contributed by atoms with Gasteiger partial charge in [0.05, 0.1) is 0 Å². The average Bonchev–Trinajstić information content (AvgIpc) is 2.78. The molecule has 0 aliphatic carbocycles. The zero-order valence-corrected chi connectivity index (χ0v) is 19.4. The van der Waals surface area contributed by atoms with Crippen molar-refractivity contribution in [1.29, 1.82) is 0 Å². The van der Waals surface area contributed by atoms with Crippen molar-refractivity contribution in [1.82, 2.24) is 0 Å². The molecule has 0 saturated heterocycles. The third-order valence-corrected chi connectivity index (χ3v) is 4.94. The Hall–Kier alpha value is -2.81. The van der Waals surface area contributed by atoms with E-state index < -0.39 is 5.97 Å². The van der Waals surface area contributed by atoms with E-state index in [1.807, 2.05) is 12.1 Å². The van der Waals surface area contributed by atoms with Crippen molar-refractivity contribution in [3.63, 3.8) is 0 Å². The van der Waals surface area contributed by atoms with Crippen LogP contribution >= 0.6 is 0 Å². The van der Waals surface area contributed by atoms with Crippen LogP contribution in [0.25, 0.3) is 6.08 Å². The summed E-state index contributed by atoms with van der Waals surface area (Å²) in [7, 11) is 0. The summed E-state index contributed by atoms with van der Waals surface area (Å²) < 4.78 is 0. The van der Waals surface area contributed by atoms with Gasteiger partial charge in [-0.1, -0.05) is 85.7 Å². The van der Waals surface area contributed by atoms with Crippen molar-refractivity contribution in [2.24, 2.45) is 0 Å². The number of phenols is 1. The number of carboxylic acids is 1. The van der Waals surface area contributed by atoms with Crippen LogP contribution < -0.4 is 0 Å². The summed E-state index contributed by atoms with van der Waals surface area (Å²) in [5, 5.41) is 17.8. The van der Waals surface area contributed by atoms with Crippen LogP contribution in [0.5, 0.6) is 5.75 Å². The molecule has 1 aromatic carbocycles. The lowest BCUT2D eigenvalue weighted by molar-refractivity contribution is -0.137. The minimum absolute atomic E-state index is 0.251. The first-order chi connectivity index (χ1) is 15.7. The molecular weight excluding hydrogens is 396 g/mol. The van der Waals surface area contributed by atoms with Crippen LogP contribution in [0.2, 0.25) is 0 Å². The molecule has 0 amide bonds. The van der Waals surface area contributed by atoms with Crippen molar-refractivity contribution < 1.29 is 15.0 Å². The Morgan fingerprint density at radius 1 is 0.625 bits per heavy atom. The van der Waals surface area contributed by atoms with Crippen LogP contribution in [0.1, 0.15) is 82.6 Å². The second-order valence-corrected chi connectivity index (χ2v) is 7.86. The lowest BCUT2D eigenvalue weighted by atomic mass is 10.1. The van der Waals surface area contributed by atoms with E-state index in [0.29, 0.717) is 12.2 Å². The highest BCUT2D eigenvalue weighted by Crippen LogP contribution is 2.12. The molecule has 0 bridgehead atoms. The summed E-state index contributed by atoms with van der Waals surface area (Å²) in [6, 6.07) is 7.30. The van der Waals surface area contributed by atoms with Crippen LogP contribution in [-0.4, -0.2) is 16.2 Å². The number of carbonyl (C=O) groups is 1. The molecule has 174 valence electrons. The number of carboxylic acid groups (broad SMARTS) is 1. The van der Waals surface area contributed by atoms with Crippen molar-refractivity contribution >= 4 is 12.0 Å². The van der Waals surface area contributed by atoms with Crippen LogP contribution in [0.3, 0.4) is 0 Å². The fourth-order valence-electron chi connectivity index (χ4n) is 3.10. The van der Waals surface area contributed by atoms with Gasteiger partial charge >= 0.3 is 5.97 Å². The Bertz CT molecular complexity index is 736. The molecule has 0 fully saturated rings. The second-order valence-electron chi connectivity index (χ2n) is 7.86. The van der Waals surface area contributed by atoms with Crippen LogP contribution in [0, 0.1) is 0 Å². The van der Waals surface area contributed by atoms with Crippen molar-refractivity contribution in [3.8, 4) is 5.75 Å². The maximum absolute atomic E-state index is 10.4. The van der Waals surface area contributed by atoms with Gasteiger partial charge in [0.1, 0.15) is 5.75 Å². The van der Waals surface area contributed by atoms with Gasteiger partial charge in [0, 0.05) is 6.42 Å². The summed E-state index contributed by atoms with van der Waals surface area (Å²) in [6.45, 7) is 0. The molecule has 1 aromatic rings. The lowest BCUT2D eigenvalue weighted by Crippen LogP contribution is -1.92. The third kappa shape index (κ3) is 18.0. The number of unbranched alkanes of at least 4 members (excludes halogenated alkanes) is 6. The van der Waals surface area contributed by atoms with Gasteiger partial charge in [0.2, 0.25) is 0 Å². The minimum Gasteiger partial charge on any atom is -0.508 e. The fourth-order valence-corrected chi connectivity index (χ4v) is 3.10. The summed E-state index contributed by atoms with van der Waals surface area (Å²) >= 11 is 0. The largest absolute Gasteiger partial charge is 0.508 e. The van der Waals surface area contributed by atoms with E-state index in [1.165, 1.54) is 25.7 Å². The number of rotatable bonds is 18. The maximum Gasteiger partial charge on any atom is 0.303 e. The number of hydrogen-bond acceptors (Lipinski definition) is 2. The number of benzene rings is 1. The Morgan fingerprint density at radius 2 is 1.09 bits per heavy atom. The zero-order chi connectivity index (χ0) is 23.1. The highest BCUT2D eigenvalue weighted by molar-refractivity contribution is 5.66. The number of hydrogen-bond donors (Lipinski definition) is 2. The molecule has 0 unspecified atom stereocenters. The van der Waals surface area contributed by atoms with E-state index in [2.05, 4.69) is 60.8 Å². The maximum atomic E-state index is 10.4. The Balaban J connectivity index is 1.89. The standard InChI is InChI=1S/C29H40O3/c30-28-25-23-27(24-26-28)21-19-17-15-13-11-9-7-5-3-1-2-4-6-8-10-12-14-16-18-20-22-29(31)32/h2-5,8,10,14,16,19,21,23-26,30H,1,6-7,9,11-13,15,17-18,20,22H2,(H,31,32)/b4-2-,5-3-,10-8-,16-14-,21-19-. The Kier molecular flexibility index (Phi) is 17.1. The van der Waals surface area contributed by atoms with E-state index in [-0.39, 0.29) is 6.42 Å². The summed E-state index contributed by atoms with van der Waals surface area (Å²) in [5.41, 5.74) is 1.14. The monoisotopic (exact) mass is 436 g/mol. The SMILES string of the molecule is O=C(O)CCC/C=C\C/C=C\C/C=C\C/C=C\CCCCCC/C=C\c1ccc(O)cc1. The van der Waals surface area contributed by atoms with Gasteiger partial charge in [0.15, 0.2) is 0 Å². The van der Waals surface area contributed by atoms with Gasteiger partial charge in [0.25, 0.3) is 0 Å². The smallest absolute Gasteiger partial charge is 0.303 e. The second kappa shape index (κ2) is 20.1. The molecule has 0 aliphatic heterocycles. The van der Waals surface area contributed by atoms with Crippen molar-refractivity contribution in [2.45, 2.75) is 77.0 Å². The molecular formula is C29H40O3. The topological polar surface area (TPSA) is 57.5 Å². The summed E-state index contributed by atoms with van der Waals surface area (Å²) in [6.07, 6.45) is 33.8. The van der Waals surface area contributed by atoms with Crippen LogP contribution in [-0.2, 0) is 4.79 Å². The minimum atomic E-state index is -0.719. The van der Waals surface area contributed by atoms with Gasteiger partial charge in [-0.25, -0.2) is 0 Å². The molecule has 0 saturated carbocycles. The van der Waals surface area contributed by atoms with Crippen molar-refractivity contribution in [3.05, 3.63) is 84.5 Å². The van der Waals surface area contributed by atoms with E-state index in [0.717, 1.165) is 44.1 Å². The molecule has 0 aromatic heterocycles. The molecule has 0 heterocycles. The molecule has 0 radical (unpaired) electrons. The molecule has 3 heteroatoms. The number of phenolic OH excluding ortho intramolecular Hbond substituents is 1. The van der Waals surface area contributed by atoms with E-state index in [1.54, 1.807) is 12.1 Å². The molecule has 0 aliphatic rings. The lowest BCUT2D eigenvalue weighted by Gasteiger charge is -1.97.